The molecule has 0 spiro atoms. The van der Waals surface area contributed by atoms with Gasteiger partial charge in [0, 0.05) is 38.3 Å². The summed E-state index contributed by atoms with van der Waals surface area (Å²) in [5.74, 6) is -1.08. The number of likely N-dealkylation sites (N-methyl/N-ethyl adjacent to an activating group) is 1. The molecule has 2 fully saturated rings. The summed E-state index contributed by atoms with van der Waals surface area (Å²) >= 11 is 6.80. The quantitative estimate of drug-likeness (QED) is 0.593. The van der Waals surface area contributed by atoms with Crippen LogP contribution in [0.4, 0.5) is 10.2 Å². The SMILES string of the molecule is C=CC(=O)N1CCN2C(=O)c3c(N4C[C@H](N(C)C)C[C@@H]4C)nc(-c4c(O)cccc4F)c(Cl)c3OC[C@H]2C1. The average molecular weight is 544 g/mol. The first-order chi connectivity index (χ1) is 18.1. The lowest BCUT2D eigenvalue weighted by molar-refractivity contribution is -0.128. The fourth-order valence-electron chi connectivity index (χ4n) is 5.57. The Bertz CT molecular complexity index is 1280. The normalized spacial score (nSPS) is 23.2. The van der Waals surface area contributed by atoms with Crippen molar-refractivity contribution in [2.45, 2.75) is 31.5 Å². The monoisotopic (exact) mass is 543 g/mol. The van der Waals surface area contributed by atoms with Gasteiger partial charge in [-0.25, -0.2) is 9.37 Å². The molecule has 38 heavy (non-hydrogen) atoms. The summed E-state index contributed by atoms with van der Waals surface area (Å²) in [5, 5.41) is 10.5. The maximum absolute atomic E-state index is 15.0. The summed E-state index contributed by atoms with van der Waals surface area (Å²) in [6.45, 7) is 7.26. The minimum absolute atomic E-state index is 0.00709. The van der Waals surface area contributed by atoms with E-state index in [0.29, 0.717) is 25.5 Å². The van der Waals surface area contributed by atoms with Gasteiger partial charge in [0.15, 0.2) is 5.75 Å². The zero-order valence-electron chi connectivity index (χ0n) is 21.7. The molecule has 3 aliphatic rings. The second-order valence-electron chi connectivity index (χ2n) is 10.2. The zero-order chi connectivity index (χ0) is 27.3. The highest BCUT2D eigenvalue weighted by molar-refractivity contribution is 6.35. The molecule has 0 saturated carbocycles. The van der Waals surface area contributed by atoms with Crippen molar-refractivity contribution in [3.8, 4) is 22.8 Å². The van der Waals surface area contributed by atoms with Gasteiger partial charge in [-0.05, 0) is 45.6 Å². The van der Waals surface area contributed by atoms with Crippen LogP contribution < -0.4 is 9.64 Å². The Hall–Kier alpha value is -3.37. The van der Waals surface area contributed by atoms with Crippen molar-refractivity contribution in [2.24, 2.45) is 0 Å². The van der Waals surface area contributed by atoms with Crippen molar-refractivity contribution in [2.75, 3.05) is 51.8 Å². The molecule has 202 valence electrons. The summed E-state index contributed by atoms with van der Waals surface area (Å²) in [5.41, 5.74) is 0.0674. The summed E-state index contributed by atoms with van der Waals surface area (Å²) in [7, 11) is 4.00. The molecular formula is C27H31ClFN5O4. The van der Waals surface area contributed by atoms with Gasteiger partial charge in [-0.15, -0.1) is 0 Å². The van der Waals surface area contributed by atoms with Crippen molar-refractivity contribution in [3.05, 3.63) is 47.3 Å². The Morgan fingerprint density at radius 3 is 2.68 bits per heavy atom. The number of fused-ring (bicyclic) bond motifs is 2. The molecule has 0 aliphatic carbocycles. The number of pyridine rings is 1. The Morgan fingerprint density at radius 2 is 2.03 bits per heavy atom. The number of ether oxygens (including phenoxy) is 1. The number of anilines is 1. The number of hydrogen-bond donors (Lipinski definition) is 1. The van der Waals surface area contributed by atoms with E-state index in [1.54, 1.807) is 9.80 Å². The van der Waals surface area contributed by atoms with Gasteiger partial charge < -0.3 is 29.4 Å². The van der Waals surface area contributed by atoms with Crippen LogP contribution in [0.25, 0.3) is 11.3 Å². The number of benzene rings is 1. The van der Waals surface area contributed by atoms with Gasteiger partial charge in [-0.1, -0.05) is 24.2 Å². The molecule has 2 saturated heterocycles. The van der Waals surface area contributed by atoms with E-state index < -0.39 is 11.9 Å². The predicted molar refractivity (Wildman–Crippen MR) is 142 cm³/mol. The van der Waals surface area contributed by atoms with Gasteiger partial charge in [0.2, 0.25) is 5.91 Å². The number of piperazine rings is 1. The van der Waals surface area contributed by atoms with Gasteiger partial charge in [-0.3, -0.25) is 9.59 Å². The highest BCUT2D eigenvalue weighted by atomic mass is 35.5. The maximum Gasteiger partial charge on any atom is 0.261 e. The predicted octanol–water partition coefficient (Wildman–Crippen LogP) is 3.01. The number of rotatable bonds is 4. The van der Waals surface area contributed by atoms with E-state index in [4.69, 9.17) is 21.3 Å². The van der Waals surface area contributed by atoms with Crippen LogP contribution >= 0.6 is 11.6 Å². The summed E-state index contributed by atoms with van der Waals surface area (Å²) < 4.78 is 21.2. The third-order valence-electron chi connectivity index (χ3n) is 7.72. The van der Waals surface area contributed by atoms with E-state index >= 15 is 4.39 Å². The Balaban J connectivity index is 1.67. The van der Waals surface area contributed by atoms with Gasteiger partial charge in [0.1, 0.15) is 40.3 Å². The summed E-state index contributed by atoms with van der Waals surface area (Å²) in [6, 6.07) is 3.80. The van der Waals surface area contributed by atoms with E-state index in [1.165, 1.54) is 24.3 Å². The molecular weight excluding hydrogens is 513 g/mol. The molecule has 0 bridgehead atoms. The number of nitrogens with zero attached hydrogens (tertiary/aromatic N) is 5. The number of hydrogen-bond acceptors (Lipinski definition) is 7. The molecule has 2 amide bonds. The molecule has 5 rings (SSSR count). The first-order valence-corrected chi connectivity index (χ1v) is 13.0. The highest BCUT2D eigenvalue weighted by Gasteiger charge is 2.42. The molecule has 3 atom stereocenters. The van der Waals surface area contributed by atoms with Crippen LogP contribution in [0.5, 0.6) is 11.5 Å². The summed E-state index contributed by atoms with van der Waals surface area (Å²) in [4.78, 5) is 38.6. The van der Waals surface area contributed by atoms with Crippen LogP contribution in [0.3, 0.4) is 0 Å². The van der Waals surface area contributed by atoms with Crippen LogP contribution in [-0.2, 0) is 4.79 Å². The largest absolute Gasteiger partial charge is 0.507 e. The van der Waals surface area contributed by atoms with Crippen LogP contribution in [0, 0.1) is 5.82 Å². The number of aromatic hydroxyl groups is 1. The molecule has 3 aliphatic heterocycles. The van der Waals surface area contributed by atoms with E-state index in [0.717, 1.165) is 6.42 Å². The Morgan fingerprint density at radius 1 is 1.26 bits per heavy atom. The maximum atomic E-state index is 15.0. The van der Waals surface area contributed by atoms with Crippen molar-refractivity contribution >= 4 is 29.2 Å². The van der Waals surface area contributed by atoms with Crippen LogP contribution in [-0.4, -0.2) is 102 Å². The van der Waals surface area contributed by atoms with E-state index in [1.807, 2.05) is 19.0 Å². The van der Waals surface area contributed by atoms with Gasteiger partial charge >= 0.3 is 0 Å². The second-order valence-corrected chi connectivity index (χ2v) is 10.6. The number of aromatic nitrogens is 1. The molecule has 0 radical (unpaired) electrons. The fourth-order valence-corrected chi connectivity index (χ4v) is 5.85. The van der Waals surface area contributed by atoms with Gasteiger partial charge in [-0.2, -0.15) is 0 Å². The third-order valence-corrected chi connectivity index (χ3v) is 8.07. The van der Waals surface area contributed by atoms with Crippen LogP contribution in [0.1, 0.15) is 23.7 Å². The number of phenols is 1. The lowest BCUT2D eigenvalue weighted by Gasteiger charge is -2.39. The molecule has 11 heteroatoms. The van der Waals surface area contributed by atoms with E-state index in [2.05, 4.69) is 18.4 Å². The molecule has 1 aromatic carbocycles. The number of amides is 2. The standard InChI is InChI=1S/C27H31ClFN5O4/c1-5-20(36)32-9-10-33-17(12-32)14-38-25-22(27(33)37)26(34-13-16(31(3)4)11-15(34)2)30-24(23(25)28)21-18(29)7-6-8-19(21)35/h5-8,15-17,35H,1,9-14H2,2-4H3/t15-,16+,17+/m0/s1. The first kappa shape index (κ1) is 26.2. The van der Waals surface area contributed by atoms with Crippen LogP contribution in [0.2, 0.25) is 5.02 Å². The van der Waals surface area contributed by atoms with E-state index in [9.17, 15) is 14.7 Å². The fraction of sp³-hybridized carbons (Fsp3) is 0.444. The minimum atomic E-state index is -0.693. The van der Waals surface area contributed by atoms with Gasteiger partial charge in [0.25, 0.3) is 5.91 Å². The van der Waals surface area contributed by atoms with Crippen molar-refractivity contribution in [3.63, 3.8) is 0 Å². The Kier molecular flexibility index (Phi) is 6.96. The van der Waals surface area contributed by atoms with Crippen molar-refractivity contribution in [1.29, 1.82) is 0 Å². The topological polar surface area (TPSA) is 89.5 Å². The molecule has 1 N–H and O–H groups in total. The van der Waals surface area contributed by atoms with Crippen molar-refractivity contribution in [1.82, 2.24) is 19.7 Å². The Labute approximate surface area is 226 Å². The minimum Gasteiger partial charge on any atom is -0.507 e. The smallest absolute Gasteiger partial charge is 0.261 e. The lowest BCUT2D eigenvalue weighted by Crippen LogP contribution is -2.57. The summed E-state index contributed by atoms with van der Waals surface area (Å²) in [6.07, 6.45) is 2.10. The highest BCUT2D eigenvalue weighted by Crippen LogP contribution is 2.47. The molecule has 2 aromatic rings. The average Bonchev–Trinajstić information content (AvgIpc) is 3.22. The molecule has 0 unspecified atom stereocenters. The number of carbonyl (C=O) groups is 2. The lowest BCUT2D eigenvalue weighted by atomic mass is 10.0. The molecule has 1 aromatic heterocycles. The molecule has 9 nitrogen and oxygen atoms in total. The van der Waals surface area contributed by atoms with Crippen molar-refractivity contribution < 1.29 is 23.8 Å². The van der Waals surface area contributed by atoms with Crippen LogP contribution in [0.15, 0.2) is 30.9 Å². The number of phenolic OH excluding ortho intramolecular Hbond substituents is 1. The number of halogens is 2. The second kappa shape index (κ2) is 10.1. The first-order valence-electron chi connectivity index (χ1n) is 12.6. The molecule has 4 heterocycles. The third kappa shape index (κ3) is 4.35. The number of carbonyl (C=O) groups excluding carboxylic acids is 2. The zero-order valence-corrected chi connectivity index (χ0v) is 22.4. The van der Waals surface area contributed by atoms with Gasteiger partial charge in [0.05, 0.1) is 11.6 Å². The van der Waals surface area contributed by atoms with E-state index in [-0.39, 0.29) is 70.4 Å².